The van der Waals surface area contributed by atoms with Gasteiger partial charge < -0.3 is 4.90 Å². The first-order valence-corrected chi connectivity index (χ1v) is 8.93. The minimum Gasteiger partial charge on any atom is -0.338 e. The molecule has 0 radical (unpaired) electrons. The predicted molar refractivity (Wildman–Crippen MR) is 100 cm³/mol. The lowest BCUT2D eigenvalue weighted by atomic mass is 9.99. The molecule has 1 aromatic carbocycles. The number of benzene rings is 1. The minimum atomic E-state index is -0.296. The van der Waals surface area contributed by atoms with Crippen LogP contribution in [0, 0.1) is 12.8 Å². The number of fused-ring (bicyclic) bond motifs is 1. The van der Waals surface area contributed by atoms with Crippen molar-refractivity contribution < 1.29 is 4.79 Å². The molecule has 5 nitrogen and oxygen atoms in total. The van der Waals surface area contributed by atoms with Crippen molar-refractivity contribution in [3.8, 4) is 0 Å². The molecule has 1 unspecified atom stereocenters. The first-order chi connectivity index (χ1) is 12.6. The van der Waals surface area contributed by atoms with Crippen LogP contribution in [-0.4, -0.2) is 33.3 Å². The van der Waals surface area contributed by atoms with Crippen LogP contribution >= 0.6 is 0 Å². The fraction of sp³-hybridized carbons (Fsp3) is 0.286. The molecule has 3 heterocycles. The summed E-state index contributed by atoms with van der Waals surface area (Å²) in [7, 11) is 0. The Morgan fingerprint density at radius 2 is 2.00 bits per heavy atom. The second kappa shape index (κ2) is 6.75. The Balaban J connectivity index is 1.54. The summed E-state index contributed by atoms with van der Waals surface area (Å²) in [5.74, 6) is 0.216. The maximum absolute atomic E-state index is 12.9. The van der Waals surface area contributed by atoms with Gasteiger partial charge in [0.15, 0.2) is 0 Å². The molecule has 0 spiro atoms. The number of rotatable bonds is 3. The van der Waals surface area contributed by atoms with Crippen LogP contribution in [0.5, 0.6) is 0 Å². The molecule has 0 bridgehead atoms. The van der Waals surface area contributed by atoms with E-state index in [-0.39, 0.29) is 17.0 Å². The molecule has 4 rings (SSSR count). The lowest BCUT2D eigenvalue weighted by Gasteiger charge is -2.16. The van der Waals surface area contributed by atoms with Gasteiger partial charge in [0.1, 0.15) is 11.2 Å². The van der Waals surface area contributed by atoms with E-state index in [0.717, 1.165) is 18.4 Å². The number of pyridine rings is 1. The van der Waals surface area contributed by atoms with Gasteiger partial charge >= 0.3 is 0 Å². The van der Waals surface area contributed by atoms with E-state index in [1.54, 1.807) is 17.2 Å². The van der Waals surface area contributed by atoms with Crippen LogP contribution < -0.4 is 5.56 Å². The zero-order valence-electron chi connectivity index (χ0n) is 14.8. The Hall–Kier alpha value is -2.95. The van der Waals surface area contributed by atoms with Crippen molar-refractivity contribution in [1.82, 2.24) is 14.3 Å². The smallest absolute Gasteiger partial charge is 0.270 e. The normalized spacial score (nSPS) is 17.0. The van der Waals surface area contributed by atoms with E-state index in [0.29, 0.717) is 24.7 Å². The van der Waals surface area contributed by atoms with Crippen molar-refractivity contribution in [2.45, 2.75) is 19.8 Å². The topological polar surface area (TPSA) is 54.7 Å². The second-order valence-electron chi connectivity index (χ2n) is 7.01. The lowest BCUT2D eigenvalue weighted by molar-refractivity contribution is 0.0784. The van der Waals surface area contributed by atoms with Gasteiger partial charge in [0.2, 0.25) is 0 Å². The summed E-state index contributed by atoms with van der Waals surface area (Å²) in [5.41, 5.74) is 2.65. The van der Waals surface area contributed by atoms with Crippen LogP contribution in [0.4, 0.5) is 0 Å². The number of carbonyl (C=O) groups excluding carboxylic acids is 1. The summed E-state index contributed by atoms with van der Waals surface area (Å²) in [5, 5.41) is 0. The number of amides is 1. The zero-order chi connectivity index (χ0) is 18.1. The molecule has 1 saturated heterocycles. The average molecular weight is 347 g/mol. The SMILES string of the molecule is Cc1ccc2ncc(C(=O)N3CCC(Cc4ccccc4)C3)c(=O)n2c1. The first-order valence-electron chi connectivity index (χ1n) is 8.93. The van der Waals surface area contributed by atoms with E-state index in [2.05, 4.69) is 17.1 Å². The van der Waals surface area contributed by atoms with Gasteiger partial charge in [0.05, 0.1) is 0 Å². The molecule has 1 atom stereocenters. The number of nitrogens with zero attached hydrogens (tertiary/aromatic N) is 3. The standard InChI is InChI=1S/C21H21N3O2/c1-15-7-8-19-22-12-18(21(26)24(19)13-15)20(25)23-10-9-17(14-23)11-16-5-3-2-4-6-16/h2-8,12-13,17H,9-11,14H2,1H3. The number of hydrogen-bond donors (Lipinski definition) is 0. The molecule has 26 heavy (non-hydrogen) atoms. The Morgan fingerprint density at radius 3 is 2.81 bits per heavy atom. The third-order valence-electron chi connectivity index (χ3n) is 5.02. The monoisotopic (exact) mass is 347 g/mol. The Labute approximate surface area is 151 Å². The zero-order valence-corrected chi connectivity index (χ0v) is 14.8. The van der Waals surface area contributed by atoms with Crippen LogP contribution in [0.15, 0.2) is 59.7 Å². The fourth-order valence-corrected chi connectivity index (χ4v) is 3.63. The fourth-order valence-electron chi connectivity index (χ4n) is 3.63. The molecule has 5 heteroatoms. The summed E-state index contributed by atoms with van der Waals surface area (Å²) in [6, 6.07) is 14.0. The van der Waals surface area contributed by atoms with E-state index < -0.39 is 0 Å². The summed E-state index contributed by atoms with van der Waals surface area (Å²) in [4.78, 5) is 31.7. The predicted octanol–water partition coefficient (Wildman–Crippen LogP) is 2.71. The molecule has 0 aliphatic carbocycles. The van der Waals surface area contributed by atoms with E-state index in [1.807, 2.05) is 31.2 Å². The molecule has 1 amide bonds. The second-order valence-corrected chi connectivity index (χ2v) is 7.01. The molecule has 3 aromatic rings. The van der Waals surface area contributed by atoms with E-state index in [4.69, 9.17) is 0 Å². The highest BCUT2D eigenvalue weighted by atomic mass is 16.2. The van der Waals surface area contributed by atoms with Crippen molar-refractivity contribution in [3.63, 3.8) is 0 Å². The minimum absolute atomic E-state index is 0.147. The number of likely N-dealkylation sites (tertiary alicyclic amines) is 1. The van der Waals surface area contributed by atoms with E-state index in [1.165, 1.54) is 16.2 Å². The molecule has 132 valence electrons. The summed E-state index contributed by atoms with van der Waals surface area (Å²) < 4.78 is 1.46. The van der Waals surface area contributed by atoms with Crippen molar-refractivity contribution in [2.24, 2.45) is 5.92 Å². The van der Waals surface area contributed by atoms with Crippen molar-refractivity contribution >= 4 is 11.6 Å². The highest BCUT2D eigenvalue weighted by Gasteiger charge is 2.28. The molecule has 1 fully saturated rings. The third kappa shape index (κ3) is 3.12. The van der Waals surface area contributed by atoms with Gasteiger partial charge in [-0.1, -0.05) is 36.4 Å². The molecule has 0 saturated carbocycles. The van der Waals surface area contributed by atoms with Gasteiger partial charge in [-0.15, -0.1) is 0 Å². The number of aryl methyl sites for hydroxylation is 1. The van der Waals surface area contributed by atoms with E-state index in [9.17, 15) is 9.59 Å². The number of aromatic nitrogens is 2. The number of carbonyl (C=O) groups is 1. The van der Waals surface area contributed by atoms with Gasteiger partial charge in [-0.05, 0) is 42.9 Å². The Bertz CT molecular complexity index is 1010. The number of hydrogen-bond acceptors (Lipinski definition) is 3. The van der Waals surface area contributed by atoms with Crippen LogP contribution in [0.25, 0.3) is 5.65 Å². The molecular formula is C21H21N3O2. The van der Waals surface area contributed by atoms with Crippen molar-refractivity contribution in [2.75, 3.05) is 13.1 Å². The van der Waals surface area contributed by atoms with Crippen LogP contribution in [0.3, 0.4) is 0 Å². The first kappa shape index (κ1) is 16.5. The molecule has 1 aliphatic rings. The van der Waals surface area contributed by atoms with Gasteiger partial charge in [0, 0.05) is 25.5 Å². The Morgan fingerprint density at radius 1 is 1.19 bits per heavy atom. The molecule has 2 aromatic heterocycles. The molecule has 1 aliphatic heterocycles. The molecule has 0 N–H and O–H groups in total. The largest absolute Gasteiger partial charge is 0.338 e. The van der Waals surface area contributed by atoms with Crippen LogP contribution in [0.1, 0.15) is 27.9 Å². The molecular weight excluding hydrogens is 326 g/mol. The van der Waals surface area contributed by atoms with E-state index >= 15 is 0 Å². The summed E-state index contributed by atoms with van der Waals surface area (Å²) in [6.07, 6.45) is 5.06. The summed E-state index contributed by atoms with van der Waals surface area (Å²) >= 11 is 0. The van der Waals surface area contributed by atoms with Crippen molar-refractivity contribution in [1.29, 1.82) is 0 Å². The average Bonchev–Trinajstić information content (AvgIpc) is 3.11. The van der Waals surface area contributed by atoms with Gasteiger partial charge in [-0.25, -0.2) is 4.98 Å². The lowest BCUT2D eigenvalue weighted by Crippen LogP contribution is -2.34. The maximum atomic E-state index is 12.9. The van der Waals surface area contributed by atoms with Gasteiger partial charge in [-0.2, -0.15) is 0 Å². The maximum Gasteiger partial charge on any atom is 0.270 e. The quantitative estimate of drug-likeness (QED) is 0.732. The van der Waals surface area contributed by atoms with Crippen LogP contribution in [-0.2, 0) is 6.42 Å². The third-order valence-corrected chi connectivity index (χ3v) is 5.02. The Kier molecular flexibility index (Phi) is 4.29. The van der Waals surface area contributed by atoms with Crippen molar-refractivity contribution in [3.05, 3.63) is 81.9 Å². The van der Waals surface area contributed by atoms with Gasteiger partial charge in [0.25, 0.3) is 11.5 Å². The highest BCUT2D eigenvalue weighted by Crippen LogP contribution is 2.22. The van der Waals surface area contributed by atoms with Gasteiger partial charge in [-0.3, -0.25) is 14.0 Å². The van der Waals surface area contributed by atoms with Crippen LogP contribution in [0.2, 0.25) is 0 Å². The highest BCUT2D eigenvalue weighted by molar-refractivity contribution is 5.94. The summed E-state index contributed by atoms with van der Waals surface area (Å²) in [6.45, 7) is 3.28.